The molecule has 66 valence electrons. The van der Waals surface area contributed by atoms with Gasteiger partial charge in [0.15, 0.2) is 0 Å². The summed E-state index contributed by atoms with van der Waals surface area (Å²) in [6.45, 7) is 2.04. The first kappa shape index (κ1) is 7.86. The van der Waals surface area contributed by atoms with Crippen molar-refractivity contribution in [2.45, 2.75) is 6.92 Å². The smallest absolute Gasteiger partial charge is 0.0695 e. The molecule has 1 aromatic heterocycles. The molecule has 0 fully saturated rings. The van der Waals surface area contributed by atoms with Crippen molar-refractivity contribution in [3.8, 4) is 5.69 Å². The average molecular weight is 173 g/mol. The molecule has 0 atom stereocenters. The van der Waals surface area contributed by atoms with Crippen LogP contribution in [0.2, 0.25) is 0 Å². The Bertz CT molecular complexity index is 404. The SMILES string of the molecule is Cc1ccc(N)cc1-n1cccn1. The van der Waals surface area contributed by atoms with E-state index in [4.69, 9.17) is 5.73 Å². The van der Waals surface area contributed by atoms with Crippen LogP contribution in [-0.4, -0.2) is 9.78 Å². The summed E-state index contributed by atoms with van der Waals surface area (Å²) in [5.41, 5.74) is 8.65. The lowest BCUT2D eigenvalue weighted by atomic mass is 10.2. The highest BCUT2D eigenvalue weighted by atomic mass is 15.3. The first-order chi connectivity index (χ1) is 6.27. The second kappa shape index (κ2) is 2.94. The maximum absolute atomic E-state index is 5.69. The molecule has 0 aliphatic heterocycles. The summed E-state index contributed by atoms with van der Waals surface area (Å²) in [4.78, 5) is 0. The highest BCUT2D eigenvalue weighted by molar-refractivity contribution is 5.51. The van der Waals surface area contributed by atoms with Crippen molar-refractivity contribution in [1.29, 1.82) is 0 Å². The molecule has 0 unspecified atom stereocenters. The molecule has 2 aromatic rings. The Balaban J connectivity index is 2.57. The highest BCUT2D eigenvalue weighted by Crippen LogP contribution is 2.15. The predicted molar refractivity (Wildman–Crippen MR) is 52.7 cm³/mol. The van der Waals surface area contributed by atoms with E-state index >= 15 is 0 Å². The summed E-state index contributed by atoms with van der Waals surface area (Å²) in [6, 6.07) is 7.69. The number of aryl methyl sites for hydroxylation is 1. The molecule has 0 bridgehead atoms. The van der Waals surface area contributed by atoms with Crippen molar-refractivity contribution >= 4 is 5.69 Å². The van der Waals surface area contributed by atoms with E-state index in [1.54, 1.807) is 6.20 Å². The zero-order valence-corrected chi connectivity index (χ0v) is 7.44. The molecule has 1 heterocycles. The monoisotopic (exact) mass is 173 g/mol. The van der Waals surface area contributed by atoms with Gasteiger partial charge in [0.05, 0.1) is 5.69 Å². The molecule has 2 rings (SSSR count). The number of nitrogen functional groups attached to an aromatic ring is 1. The molecule has 13 heavy (non-hydrogen) atoms. The van der Waals surface area contributed by atoms with Gasteiger partial charge < -0.3 is 5.73 Å². The Labute approximate surface area is 76.8 Å². The Morgan fingerprint density at radius 1 is 1.38 bits per heavy atom. The van der Waals surface area contributed by atoms with E-state index in [1.807, 2.05) is 42.1 Å². The van der Waals surface area contributed by atoms with Gasteiger partial charge in [-0.05, 0) is 30.7 Å². The summed E-state index contributed by atoms with van der Waals surface area (Å²) in [6.07, 6.45) is 3.66. The van der Waals surface area contributed by atoms with Crippen LogP contribution in [0, 0.1) is 6.92 Å². The molecule has 2 N–H and O–H groups in total. The minimum atomic E-state index is 0.760. The Kier molecular flexibility index (Phi) is 1.77. The third kappa shape index (κ3) is 1.40. The summed E-state index contributed by atoms with van der Waals surface area (Å²) in [7, 11) is 0. The van der Waals surface area contributed by atoms with Gasteiger partial charge in [-0.3, -0.25) is 0 Å². The van der Waals surface area contributed by atoms with Crippen molar-refractivity contribution in [2.24, 2.45) is 0 Å². The van der Waals surface area contributed by atoms with Crippen LogP contribution in [-0.2, 0) is 0 Å². The maximum Gasteiger partial charge on any atom is 0.0695 e. The van der Waals surface area contributed by atoms with Gasteiger partial charge in [0.25, 0.3) is 0 Å². The van der Waals surface area contributed by atoms with Crippen LogP contribution in [0.3, 0.4) is 0 Å². The fraction of sp³-hybridized carbons (Fsp3) is 0.100. The van der Waals surface area contributed by atoms with E-state index in [0.717, 1.165) is 16.9 Å². The van der Waals surface area contributed by atoms with Crippen LogP contribution in [0.25, 0.3) is 5.69 Å². The molecule has 0 aliphatic carbocycles. The summed E-state index contributed by atoms with van der Waals surface area (Å²) in [5, 5.41) is 4.15. The number of hydrogen-bond donors (Lipinski definition) is 1. The molecule has 0 aliphatic rings. The fourth-order valence-corrected chi connectivity index (χ4v) is 1.28. The molecule has 0 saturated carbocycles. The van der Waals surface area contributed by atoms with Crippen molar-refractivity contribution in [3.05, 3.63) is 42.2 Å². The predicted octanol–water partition coefficient (Wildman–Crippen LogP) is 1.76. The van der Waals surface area contributed by atoms with Crippen LogP contribution >= 0.6 is 0 Å². The summed E-state index contributed by atoms with van der Waals surface area (Å²) >= 11 is 0. The number of benzene rings is 1. The zero-order chi connectivity index (χ0) is 9.26. The lowest BCUT2D eigenvalue weighted by molar-refractivity contribution is 0.873. The standard InChI is InChI=1S/C10H11N3/c1-8-3-4-9(11)7-10(8)13-6-2-5-12-13/h2-7H,11H2,1H3. The van der Waals surface area contributed by atoms with E-state index in [9.17, 15) is 0 Å². The lowest BCUT2D eigenvalue weighted by Gasteiger charge is -2.06. The van der Waals surface area contributed by atoms with E-state index in [1.165, 1.54) is 0 Å². The van der Waals surface area contributed by atoms with Gasteiger partial charge in [0.1, 0.15) is 0 Å². The molecule has 0 radical (unpaired) electrons. The molecule has 0 amide bonds. The van der Waals surface area contributed by atoms with Crippen molar-refractivity contribution in [3.63, 3.8) is 0 Å². The van der Waals surface area contributed by atoms with E-state index in [2.05, 4.69) is 5.10 Å². The first-order valence-electron chi connectivity index (χ1n) is 4.13. The maximum atomic E-state index is 5.69. The van der Waals surface area contributed by atoms with Gasteiger partial charge in [-0.15, -0.1) is 0 Å². The third-order valence-corrected chi connectivity index (χ3v) is 1.98. The van der Waals surface area contributed by atoms with Gasteiger partial charge in [-0.1, -0.05) is 6.07 Å². The second-order valence-corrected chi connectivity index (χ2v) is 3.00. The fourth-order valence-electron chi connectivity index (χ4n) is 1.28. The van der Waals surface area contributed by atoms with Crippen LogP contribution < -0.4 is 5.73 Å². The Morgan fingerprint density at radius 3 is 2.92 bits per heavy atom. The Morgan fingerprint density at radius 2 is 2.23 bits per heavy atom. The minimum absolute atomic E-state index is 0.760. The van der Waals surface area contributed by atoms with Gasteiger partial charge in [-0.2, -0.15) is 5.10 Å². The average Bonchev–Trinajstić information content (AvgIpc) is 2.61. The quantitative estimate of drug-likeness (QED) is 0.668. The van der Waals surface area contributed by atoms with E-state index in [-0.39, 0.29) is 0 Å². The van der Waals surface area contributed by atoms with Crippen LogP contribution in [0.5, 0.6) is 0 Å². The largest absolute Gasteiger partial charge is 0.399 e. The highest BCUT2D eigenvalue weighted by Gasteiger charge is 2.00. The second-order valence-electron chi connectivity index (χ2n) is 3.00. The molecule has 0 spiro atoms. The Hall–Kier alpha value is -1.77. The number of nitrogens with two attached hydrogens (primary N) is 1. The molecule has 3 nitrogen and oxygen atoms in total. The molecule has 1 aromatic carbocycles. The normalized spacial score (nSPS) is 10.2. The molecular formula is C10H11N3. The third-order valence-electron chi connectivity index (χ3n) is 1.98. The zero-order valence-electron chi connectivity index (χ0n) is 7.44. The summed E-state index contributed by atoms with van der Waals surface area (Å²) in [5.74, 6) is 0. The van der Waals surface area contributed by atoms with Gasteiger partial charge in [-0.25, -0.2) is 4.68 Å². The van der Waals surface area contributed by atoms with Gasteiger partial charge in [0, 0.05) is 18.1 Å². The van der Waals surface area contributed by atoms with Gasteiger partial charge in [0.2, 0.25) is 0 Å². The number of nitrogens with zero attached hydrogens (tertiary/aromatic N) is 2. The first-order valence-corrected chi connectivity index (χ1v) is 4.13. The molecule has 3 heteroatoms. The summed E-state index contributed by atoms with van der Waals surface area (Å²) < 4.78 is 1.81. The number of rotatable bonds is 1. The van der Waals surface area contributed by atoms with Crippen molar-refractivity contribution in [1.82, 2.24) is 9.78 Å². The minimum Gasteiger partial charge on any atom is -0.399 e. The van der Waals surface area contributed by atoms with E-state index < -0.39 is 0 Å². The van der Waals surface area contributed by atoms with Crippen LogP contribution in [0.4, 0.5) is 5.69 Å². The number of hydrogen-bond acceptors (Lipinski definition) is 2. The molecular weight excluding hydrogens is 162 g/mol. The van der Waals surface area contributed by atoms with Crippen molar-refractivity contribution in [2.75, 3.05) is 5.73 Å². The van der Waals surface area contributed by atoms with Crippen LogP contribution in [0.1, 0.15) is 5.56 Å². The van der Waals surface area contributed by atoms with E-state index in [0.29, 0.717) is 0 Å². The lowest BCUT2D eigenvalue weighted by Crippen LogP contribution is -1.98. The number of anilines is 1. The van der Waals surface area contributed by atoms with Crippen LogP contribution in [0.15, 0.2) is 36.7 Å². The van der Waals surface area contributed by atoms with Crippen molar-refractivity contribution < 1.29 is 0 Å². The number of aromatic nitrogens is 2. The van der Waals surface area contributed by atoms with Gasteiger partial charge >= 0.3 is 0 Å². The topological polar surface area (TPSA) is 43.8 Å². The molecule has 0 saturated heterocycles.